The summed E-state index contributed by atoms with van der Waals surface area (Å²) in [5.74, 6) is 1.13. The fourth-order valence-corrected chi connectivity index (χ4v) is 5.05. The SMILES string of the molecule is COc1cccc(-c2cccc(OCCCC(Cn3cnc(C(N)=O)c3)O[Si](C)(C)C(C)(C)C)c2)c1. The molecule has 3 aromatic rings. The van der Waals surface area contributed by atoms with Crippen molar-refractivity contribution in [3.8, 4) is 22.6 Å². The van der Waals surface area contributed by atoms with E-state index in [2.05, 4.69) is 57.0 Å². The maximum absolute atomic E-state index is 11.5. The second-order valence-electron chi connectivity index (χ2n) is 10.6. The molecule has 0 radical (unpaired) electrons. The largest absolute Gasteiger partial charge is 0.497 e. The molecule has 2 aromatic carbocycles. The van der Waals surface area contributed by atoms with Crippen molar-refractivity contribution in [1.29, 1.82) is 0 Å². The van der Waals surface area contributed by atoms with E-state index in [1.54, 1.807) is 19.6 Å². The maximum Gasteiger partial charge on any atom is 0.268 e. The molecule has 0 aliphatic carbocycles. The Morgan fingerprint density at radius 3 is 2.31 bits per heavy atom. The Bertz CT molecular complexity index is 1150. The van der Waals surface area contributed by atoms with Gasteiger partial charge >= 0.3 is 0 Å². The first-order chi connectivity index (χ1) is 17.0. The zero-order valence-corrected chi connectivity index (χ0v) is 23.3. The fraction of sp³-hybridized carbons (Fsp3) is 0.429. The Morgan fingerprint density at radius 2 is 1.72 bits per heavy atom. The number of amides is 1. The van der Waals surface area contributed by atoms with Gasteiger partial charge in [0.15, 0.2) is 8.32 Å². The molecule has 0 aliphatic heterocycles. The Morgan fingerprint density at radius 1 is 1.08 bits per heavy atom. The number of hydrogen-bond acceptors (Lipinski definition) is 5. The second-order valence-corrected chi connectivity index (χ2v) is 15.3. The van der Waals surface area contributed by atoms with Crippen molar-refractivity contribution >= 4 is 14.2 Å². The standard InChI is InChI=1S/C28H39N3O4Si/c1-28(2,3)36(5,6)35-25(18-31-19-26(27(29)32)30-20-31)14-9-15-34-24-13-8-11-22(17-24)21-10-7-12-23(16-21)33-4/h7-8,10-13,16-17,19-20,25H,9,14-15,18H2,1-6H3,(H2,29,32). The average molecular weight is 510 g/mol. The predicted molar refractivity (Wildman–Crippen MR) is 146 cm³/mol. The van der Waals surface area contributed by atoms with Gasteiger partial charge in [-0.2, -0.15) is 0 Å². The van der Waals surface area contributed by atoms with Crippen LogP contribution in [0.15, 0.2) is 61.1 Å². The van der Waals surface area contributed by atoms with Crippen LogP contribution in [-0.4, -0.2) is 43.6 Å². The van der Waals surface area contributed by atoms with E-state index in [1.165, 1.54) is 0 Å². The lowest BCUT2D eigenvalue weighted by Crippen LogP contribution is -2.45. The van der Waals surface area contributed by atoms with Gasteiger partial charge in [-0.3, -0.25) is 4.79 Å². The molecule has 0 saturated carbocycles. The van der Waals surface area contributed by atoms with Crippen molar-refractivity contribution in [2.45, 2.75) is 64.4 Å². The van der Waals surface area contributed by atoms with Gasteiger partial charge in [0.25, 0.3) is 5.91 Å². The summed E-state index contributed by atoms with van der Waals surface area (Å²) in [7, 11) is -0.319. The van der Waals surface area contributed by atoms with Crippen LogP contribution < -0.4 is 15.2 Å². The van der Waals surface area contributed by atoms with Crippen LogP contribution in [0.2, 0.25) is 18.1 Å². The normalized spacial score (nSPS) is 12.8. The zero-order chi connectivity index (χ0) is 26.3. The summed E-state index contributed by atoms with van der Waals surface area (Å²) in [5, 5.41) is 0.0929. The minimum absolute atomic E-state index is 0.0208. The molecular weight excluding hydrogens is 470 g/mol. The predicted octanol–water partition coefficient (Wildman–Crippen LogP) is 5.91. The van der Waals surface area contributed by atoms with Gasteiger partial charge in [0, 0.05) is 12.7 Å². The molecule has 2 N–H and O–H groups in total. The Balaban J connectivity index is 1.63. The van der Waals surface area contributed by atoms with E-state index in [-0.39, 0.29) is 16.8 Å². The molecule has 1 aromatic heterocycles. The minimum Gasteiger partial charge on any atom is -0.497 e. The number of carbonyl (C=O) groups excluding carboxylic acids is 1. The molecule has 8 heteroatoms. The molecule has 194 valence electrons. The number of aromatic nitrogens is 2. The monoisotopic (exact) mass is 509 g/mol. The van der Waals surface area contributed by atoms with Gasteiger partial charge in [-0.05, 0) is 66.4 Å². The molecule has 0 bridgehead atoms. The summed E-state index contributed by atoms with van der Waals surface area (Å²) < 4.78 is 20.1. The van der Waals surface area contributed by atoms with E-state index in [4.69, 9.17) is 19.6 Å². The summed E-state index contributed by atoms with van der Waals surface area (Å²) in [4.78, 5) is 15.6. The maximum atomic E-state index is 11.5. The molecule has 1 amide bonds. The number of carbonyl (C=O) groups is 1. The molecule has 3 rings (SSSR count). The van der Waals surface area contributed by atoms with Crippen molar-refractivity contribution in [1.82, 2.24) is 9.55 Å². The lowest BCUT2D eigenvalue weighted by Gasteiger charge is -2.39. The Hall–Kier alpha value is -3.10. The van der Waals surface area contributed by atoms with E-state index in [9.17, 15) is 4.79 Å². The highest BCUT2D eigenvalue weighted by molar-refractivity contribution is 6.74. The molecule has 1 atom stereocenters. The third-order valence-corrected chi connectivity index (χ3v) is 11.3. The van der Waals surface area contributed by atoms with E-state index < -0.39 is 14.2 Å². The lowest BCUT2D eigenvalue weighted by molar-refractivity contribution is 0.0995. The quantitative estimate of drug-likeness (QED) is 0.242. The number of rotatable bonds is 12. The number of nitrogens with two attached hydrogens (primary N) is 1. The number of imidazole rings is 1. The van der Waals surface area contributed by atoms with Crippen LogP contribution in [0.4, 0.5) is 0 Å². The van der Waals surface area contributed by atoms with Gasteiger partial charge in [0.05, 0.1) is 26.1 Å². The first-order valence-corrected chi connectivity index (χ1v) is 15.3. The molecule has 0 spiro atoms. The zero-order valence-electron chi connectivity index (χ0n) is 22.3. The summed E-state index contributed by atoms with van der Waals surface area (Å²) >= 11 is 0. The fourth-order valence-electron chi connectivity index (χ4n) is 3.67. The number of benzene rings is 2. The topological polar surface area (TPSA) is 88.6 Å². The number of hydrogen-bond donors (Lipinski definition) is 1. The minimum atomic E-state index is -1.99. The molecule has 36 heavy (non-hydrogen) atoms. The smallest absolute Gasteiger partial charge is 0.268 e. The third kappa shape index (κ3) is 7.45. The first kappa shape index (κ1) is 27.5. The first-order valence-electron chi connectivity index (χ1n) is 12.4. The average Bonchev–Trinajstić information content (AvgIpc) is 3.30. The van der Waals surface area contributed by atoms with Gasteiger partial charge in [0.1, 0.15) is 17.2 Å². The summed E-state index contributed by atoms with van der Waals surface area (Å²) in [6.07, 6.45) is 4.97. The van der Waals surface area contributed by atoms with Crippen molar-refractivity contribution in [3.05, 3.63) is 66.7 Å². The van der Waals surface area contributed by atoms with Crippen LogP contribution in [-0.2, 0) is 11.0 Å². The highest BCUT2D eigenvalue weighted by Gasteiger charge is 2.39. The highest BCUT2D eigenvalue weighted by Crippen LogP contribution is 2.38. The van der Waals surface area contributed by atoms with Crippen molar-refractivity contribution in [3.63, 3.8) is 0 Å². The number of ether oxygens (including phenoxy) is 2. The van der Waals surface area contributed by atoms with Crippen LogP contribution in [0.25, 0.3) is 11.1 Å². The van der Waals surface area contributed by atoms with Gasteiger partial charge in [-0.15, -0.1) is 0 Å². The van der Waals surface area contributed by atoms with E-state index in [1.807, 2.05) is 34.9 Å². The van der Waals surface area contributed by atoms with E-state index in [0.29, 0.717) is 13.2 Å². The highest BCUT2D eigenvalue weighted by atomic mass is 28.4. The van der Waals surface area contributed by atoms with Gasteiger partial charge < -0.3 is 24.2 Å². The third-order valence-electron chi connectivity index (χ3n) is 6.74. The van der Waals surface area contributed by atoms with Crippen molar-refractivity contribution in [2.24, 2.45) is 5.73 Å². The Labute approximate surface area is 215 Å². The van der Waals surface area contributed by atoms with Crippen molar-refractivity contribution in [2.75, 3.05) is 13.7 Å². The molecule has 0 fully saturated rings. The lowest BCUT2D eigenvalue weighted by atomic mass is 10.1. The van der Waals surface area contributed by atoms with Gasteiger partial charge in [-0.25, -0.2) is 4.98 Å². The van der Waals surface area contributed by atoms with Crippen molar-refractivity contribution < 1.29 is 18.7 Å². The summed E-state index contributed by atoms with van der Waals surface area (Å²) in [6.45, 7) is 12.4. The Kier molecular flexibility index (Phi) is 8.97. The second kappa shape index (κ2) is 11.8. The van der Waals surface area contributed by atoms with E-state index >= 15 is 0 Å². The van der Waals surface area contributed by atoms with Crippen LogP contribution in [0.5, 0.6) is 11.5 Å². The molecular formula is C28H39N3O4Si. The number of nitrogens with zero attached hydrogens (tertiary/aromatic N) is 2. The molecule has 1 heterocycles. The van der Waals surface area contributed by atoms with Crippen LogP contribution in [0.1, 0.15) is 44.1 Å². The molecule has 1 unspecified atom stereocenters. The number of primary amides is 1. The van der Waals surface area contributed by atoms with Gasteiger partial charge in [-0.1, -0.05) is 45.0 Å². The molecule has 7 nitrogen and oxygen atoms in total. The summed E-state index contributed by atoms with van der Waals surface area (Å²) in [6, 6.07) is 16.1. The summed E-state index contributed by atoms with van der Waals surface area (Å²) in [5.41, 5.74) is 7.80. The van der Waals surface area contributed by atoms with Gasteiger partial charge in [0.2, 0.25) is 0 Å². The van der Waals surface area contributed by atoms with E-state index in [0.717, 1.165) is 35.5 Å². The number of methoxy groups -OCH3 is 1. The molecule has 0 saturated heterocycles. The molecule has 0 aliphatic rings. The van der Waals surface area contributed by atoms with Crippen LogP contribution in [0, 0.1) is 0 Å². The van der Waals surface area contributed by atoms with Crippen LogP contribution >= 0.6 is 0 Å². The van der Waals surface area contributed by atoms with Crippen LogP contribution in [0.3, 0.4) is 0 Å².